The summed E-state index contributed by atoms with van der Waals surface area (Å²) in [6, 6.07) is 10.5. The quantitative estimate of drug-likeness (QED) is 0.903. The molecular formula is C20H30N2O2. The maximum absolute atomic E-state index is 13.1. The molecule has 24 heavy (non-hydrogen) atoms. The van der Waals surface area contributed by atoms with Crippen LogP contribution in [-0.4, -0.2) is 42.1 Å². The molecule has 3 rings (SSSR count). The first kappa shape index (κ1) is 17.4. The van der Waals surface area contributed by atoms with E-state index < -0.39 is 5.54 Å². The largest absolute Gasteiger partial charge is 0.378 e. The molecule has 2 N–H and O–H groups in total. The SMILES string of the molecule is CCOC1CC(N)(C(=O)N2CCC(Cc3ccccc3)C2)C1(C)C. The van der Waals surface area contributed by atoms with Crippen LogP contribution in [0.5, 0.6) is 0 Å². The van der Waals surface area contributed by atoms with Crippen LogP contribution in [0.2, 0.25) is 0 Å². The van der Waals surface area contributed by atoms with Gasteiger partial charge < -0.3 is 15.4 Å². The fourth-order valence-corrected chi connectivity index (χ4v) is 4.21. The number of nitrogens with two attached hydrogens (primary N) is 1. The molecule has 2 fully saturated rings. The van der Waals surface area contributed by atoms with Gasteiger partial charge in [-0.15, -0.1) is 0 Å². The maximum Gasteiger partial charge on any atom is 0.243 e. The Hall–Kier alpha value is -1.39. The third kappa shape index (κ3) is 2.86. The van der Waals surface area contributed by atoms with Gasteiger partial charge in [0.15, 0.2) is 0 Å². The van der Waals surface area contributed by atoms with Crippen LogP contribution in [0.3, 0.4) is 0 Å². The van der Waals surface area contributed by atoms with E-state index in [9.17, 15) is 4.79 Å². The summed E-state index contributed by atoms with van der Waals surface area (Å²) < 4.78 is 5.75. The average molecular weight is 330 g/mol. The van der Waals surface area contributed by atoms with Gasteiger partial charge in [0.1, 0.15) is 5.54 Å². The molecule has 2 aliphatic rings. The molecule has 1 aromatic rings. The van der Waals surface area contributed by atoms with Crippen molar-refractivity contribution in [3.8, 4) is 0 Å². The lowest BCUT2D eigenvalue weighted by atomic mass is 9.54. The summed E-state index contributed by atoms with van der Waals surface area (Å²) in [6.07, 6.45) is 2.81. The van der Waals surface area contributed by atoms with Crippen molar-refractivity contribution in [1.82, 2.24) is 4.90 Å². The monoisotopic (exact) mass is 330 g/mol. The molecule has 1 amide bonds. The van der Waals surface area contributed by atoms with Gasteiger partial charge in [-0.25, -0.2) is 0 Å². The first-order valence-corrected chi connectivity index (χ1v) is 9.12. The normalized spacial score (nSPS) is 31.8. The number of carbonyl (C=O) groups is 1. The second-order valence-corrected chi connectivity index (χ2v) is 7.94. The Labute approximate surface area is 145 Å². The van der Waals surface area contributed by atoms with Crippen molar-refractivity contribution in [2.75, 3.05) is 19.7 Å². The first-order valence-electron chi connectivity index (χ1n) is 9.12. The molecule has 4 nitrogen and oxygen atoms in total. The summed E-state index contributed by atoms with van der Waals surface area (Å²) in [6.45, 7) is 8.43. The van der Waals surface area contributed by atoms with E-state index in [2.05, 4.69) is 38.1 Å². The van der Waals surface area contributed by atoms with E-state index in [-0.39, 0.29) is 17.4 Å². The molecule has 1 saturated heterocycles. The molecule has 132 valence electrons. The van der Waals surface area contributed by atoms with Gasteiger partial charge in [-0.3, -0.25) is 4.79 Å². The summed E-state index contributed by atoms with van der Waals surface area (Å²) in [5.74, 6) is 0.643. The topological polar surface area (TPSA) is 55.6 Å². The summed E-state index contributed by atoms with van der Waals surface area (Å²) in [4.78, 5) is 15.0. The minimum atomic E-state index is -0.783. The fraction of sp³-hybridized carbons (Fsp3) is 0.650. The summed E-state index contributed by atoms with van der Waals surface area (Å²) >= 11 is 0. The number of ether oxygens (including phenoxy) is 1. The number of hydrogen-bond donors (Lipinski definition) is 1. The molecule has 1 aliphatic carbocycles. The molecule has 4 heteroatoms. The highest BCUT2D eigenvalue weighted by atomic mass is 16.5. The molecule has 1 aliphatic heterocycles. The van der Waals surface area contributed by atoms with Crippen LogP contribution < -0.4 is 5.73 Å². The molecule has 0 aromatic heterocycles. The van der Waals surface area contributed by atoms with Crippen molar-refractivity contribution in [3.05, 3.63) is 35.9 Å². The lowest BCUT2D eigenvalue weighted by Crippen LogP contribution is -2.75. The van der Waals surface area contributed by atoms with E-state index in [1.165, 1.54) is 5.56 Å². The molecule has 0 radical (unpaired) electrons. The summed E-state index contributed by atoms with van der Waals surface area (Å²) in [5, 5.41) is 0. The minimum absolute atomic E-state index is 0.0826. The van der Waals surface area contributed by atoms with Crippen LogP contribution >= 0.6 is 0 Å². The minimum Gasteiger partial charge on any atom is -0.378 e. The van der Waals surface area contributed by atoms with E-state index in [0.29, 0.717) is 18.9 Å². The number of amides is 1. The van der Waals surface area contributed by atoms with Crippen LogP contribution in [0.4, 0.5) is 0 Å². The van der Waals surface area contributed by atoms with Gasteiger partial charge in [0.05, 0.1) is 6.10 Å². The zero-order valence-electron chi connectivity index (χ0n) is 15.1. The van der Waals surface area contributed by atoms with Crippen molar-refractivity contribution in [1.29, 1.82) is 0 Å². The Kier molecular flexibility index (Phi) is 4.71. The third-order valence-electron chi connectivity index (χ3n) is 6.15. The van der Waals surface area contributed by atoms with Crippen molar-refractivity contribution in [2.45, 2.75) is 51.7 Å². The highest BCUT2D eigenvalue weighted by Crippen LogP contribution is 2.51. The lowest BCUT2D eigenvalue weighted by Gasteiger charge is -2.58. The predicted octanol–water partition coefficient (Wildman–Crippen LogP) is 2.61. The second-order valence-electron chi connectivity index (χ2n) is 7.94. The van der Waals surface area contributed by atoms with Crippen LogP contribution in [0.15, 0.2) is 30.3 Å². The molecular weight excluding hydrogens is 300 g/mol. The standard InChI is InChI=1S/C20H30N2O2/c1-4-24-17-13-20(21,19(17,2)3)18(23)22-11-10-16(14-22)12-15-8-6-5-7-9-15/h5-9,16-17H,4,10-14,21H2,1-3H3. The third-order valence-corrected chi connectivity index (χ3v) is 6.15. The van der Waals surface area contributed by atoms with E-state index in [1.807, 2.05) is 17.9 Å². The van der Waals surface area contributed by atoms with Gasteiger partial charge in [-0.1, -0.05) is 44.2 Å². The number of nitrogens with zero attached hydrogens (tertiary/aromatic N) is 1. The van der Waals surface area contributed by atoms with Gasteiger partial charge in [-0.05, 0) is 31.2 Å². The predicted molar refractivity (Wildman–Crippen MR) is 95.6 cm³/mol. The van der Waals surface area contributed by atoms with E-state index in [4.69, 9.17) is 10.5 Å². The first-order chi connectivity index (χ1) is 11.4. The smallest absolute Gasteiger partial charge is 0.243 e. The number of carbonyl (C=O) groups excluding carboxylic acids is 1. The van der Waals surface area contributed by atoms with E-state index >= 15 is 0 Å². The zero-order valence-corrected chi connectivity index (χ0v) is 15.1. The number of rotatable bonds is 5. The van der Waals surface area contributed by atoms with E-state index in [1.54, 1.807) is 0 Å². The van der Waals surface area contributed by atoms with Crippen molar-refractivity contribution in [2.24, 2.45) is 17.1 Å². The highest BCUT2D eigenvalue weighted by molar-refractivity contribution is 5.89. The number of likely N-dealkylation sites (tertiary alicyclic amines) is 1. The van der Waals surface area contributed by atoms with E-state index in [0.717, 1.165) is 25.9 Å². The van der Waals surface area contributed by atoms with Crippen LogP contribution in [-0.2, 0) is 16.0 Å². The average Bonchev–Trinajstić information content (AvgIpc) is 3.03. The summed E-state index contributed by atoms with van der Waals surface area (Å²) in [5.41, 5.74) is 6.81. The van der Waals surface area contributed by atoms with Crippen molar-refractivity contribution < 1.29 is 9.53 Å². The molecule has 0 bridgehead atoms. The Morgan fingerprint density at radius 3 is 2.67 bits per heavy atom. The van der Waals surface area contributed by atoms with Gasteiger partial charge in [-0.2, -0.15) is 0 Å². The maximum atomic E-state index is 13.1. The Balaban J connectivity index is 1.61. The van der Waals surface area contributed by atoms with Crippen LogP contribution in [0, 0.1) is 11.3 Å². The molecule has 3 atom stereocenters. The number of hydrogen-bond acceptors (Lipinski definition) is 3. The second kappa shape index (κ2) is 6.49. The Morgan fingerprint density at radius 2 is 2.04 bits per heavy atom. The van der Waals surface area contributed by atoms with Crippen molar-refractivity contribution >= 4 is 5.91 Å². The van der Waals surface area contributed by atoms with Gasteiger partial charge in [0, 0.05) is 31.5 Å². The highest BCUT2D eigenvalue weighted by Gasteiger charge is 2.64. The fourth-order valence-electron chi connectivity index (χ4n) is 4.21. The van der Waals surface area contributed by atoms with Gasteiger partial charge in [0.2, 0.25) is 5.91 Å². The molecule has 0 spiro atoms. The Morgan fingerprint density at radius 1 is 1.33 bits per heavy atom. The lowest BCUT2D eigenvalue weighted by molar-refractivity contribution is -0.178. The molecule has 1 saturated carbocycles. The zero-order chi connectivity index (χ0) is 17.4. The Bertz CT molecular complexity index is 587. The van der Waals surface area contributed by atoms with Crippen LogP contribution in [0.25, 0.3) is 0 Å². The summed E-state index contributed by atoms with van der Waals surface area (Å²) in [7, 11) is 0. The van der Waals surface area contributed by atoms with Gasteiger partial charge >= 0.3 is 0 Å². The van der Waals surface area contributed by atoms with Crippen molar-refractivity contribution in [3.63, 3.8) is 0 Å². The van der Waals surface area contributed by atoms with Crippen LogP contribution in [0.1, 0.15) is 39.2 Å². The molecule has 1 heterocycles. The number of benzene rings is 1. The van der Waals surface area contributed by atoms with Gasteiger partial charge in [0.25, 0.3) is 0 Å². The molecule has 3 unspecified atom stereocenters. The molecule has 1 aromatic carbocycles.